The van der Waals surface area contributed by atoms with Crippen LogP contribution in [0.15, 0.2) is 23.1 Å². The highest BCUT2D eigenvalue weighted by atomic mass is 79.9. The van der Waals surface area contributed by atoms with Gasteiger partial charge in [0.1, 0.15) is 0 Å². The number of nitro groups is 2. The first-order chi connectivity index (χ1) is 8.49. The summed E-state index contributed by atoms with van der Waals surface area (Å²) in [5, 5.41) is 24.7. The van der Waals surface area contributed by atoms with Crippen LogP contribution in [0.25, 0.3) is 5.82 Å². The van der Waals surface area contributed by atoms with Gasteiger partial charge in [0.05, 0.1) is 4.92 Å². The second-order valence-corrected chi connectivity index (χ2v) is 3.92. The summed E-state index contributed by atoms with van der Waals surface area (Å²) >= 11 is 3.05. The molecular weight excluding hydrogens is 312 g/mol. The van der Waals surface area contributed by atoms with Gasteiger partial charge in [-0.3, -0.25) is 10.1 Å². The summed E-state index contributed by atoms with van der Waals surface area (Å²) in [5.74, 6) is -0.808. The largest absolute Gasteiger partial charge is 0.491 e. The molecule has 0 atom stereocenters. The highest BCUT2D eigenvalue weighted by molar-refractivity contribution is 9.10. The third kappa shape index (κ3) is 2.15. The van der Waals surface area contributed by atoms with Gasteiger partial charge in [-0.05, 0) is 20.9 Å². The molecule has 92 valence electrons. The Labute approximate surface area is 107 Å². The van der Waals surface area contributed by atoms with Gasteiger partial charge in [0, 0.05) is 21.8 Å². The summed E-state index contributed by atoms with van der Waals surface area (Å²) in [7, 11) is 0. The van der Waals surface area contributed by atoms with E-state index in [0.717, 1.165) is 11.0 Å². The Morgan fingerprint density at radius 1 is 1.22 bits per heavy atom. The van der Waals surface area contributed by atoms with E-state index in [9.17, 15) is 20.2 Å². The standard InChI is InChI=1S/C7H3BrN6O4/c8-4-1-5(13(15)16)6(9-2-4)12-3-10-7(11-12)14(17)18/h1-3H. The van der Waals surface area contributed by atoms with Gasteiger partial charge in [0.15, 0.2) is 0 Å². The lowest BCUT2D eigenvalue weighted by Gasteiger charge is -1.98. The average Bonchev–Trinajstić information content (AvgIpc) is 2.78. The normalized spacial score (nSPS) is 10.3. The first-order valence-electron chi connectivity index (χ1n) is 4.35. The van der Waals surface area contributed by atoms with E-state index in [1.807, 2.05) is 0 Å². The molecule has 0 bridgehead atoms. The van der Waals surface area contributed by atoms with Crippen LogP contribution in [0.2, 0.25) is 0 Å². The minimum atomic E-state index is -0.804. The second kappa shape index (κ2) is 4.44. The molecule has 0 aromatic carbocycles. The van der Waals surface area contributed by atoms with Crippen molar-refractivity contribution in [3.05, 3.63) is 43.3 Å². The molecule has 0 saturated heterocycles. The second-order valence-electron chi connectivity index (χ2n) is 3.00. The molecule has 0 aliphatic heterocycles. The maximum Gasteiger partial charge on any atom is 0.491 e. The van der Waals surface area contributed by atoms with Gasteiger partial charge in [0.2, 0.25) is 12.1 Å². The lowest BCUT2D eigenvalue weighted by molar-refractivity contribution is -0.394. The Morgan fingerprint density at radius 2 is 1.94 bits per heavy atom. The molecule has 0 N–H and O–H groups in total. The fraction of sp³-hybridized carbons (Fsp3) is 0. The minimum absolute atomic E-state index is 0.149. The number of nitrogens with zero attached hydrogens (tertiary/aromatic N) is 6. The minimum Gasteiger partial charge on any atom is -0.390 e. The van der Waals surface area contributed by atoms with E-state index >= 15 is 0 Å². The van der Waals surface area contributed by atoms with E-state index in [4.69, 9.17) is 0 Å². The van der Waals surface area contributed by atoms with Gasteiger partial charge in [-0.25, -0.2) is 4.98 Å². The van der Waals surface area contributed by atoms with Crippen LogP contribution in [-0.4, -0.2) is 29.6 Å². The number of hydrogen-bond acceptors (Lipinski definition) is 7. The Morgan fingerprint density at radius 3 is 2.50 bits per heavy atom. The zero-order valence-corrected chi connectivity index (χ0v) is 10.0. The molecule has 10 nitrogen and oxygen atoms in total. The topological polar surface area (TPSA) is 130 Å². The predicted molar refractivity (Wildman–Crippen MR) is 60.2 cm³/mol. The molecule has 2 aromatic heterocycles. The molecule has 0 saturated carbocycles. The van der Waals surface area contributed by atoms with Gasteiger partial charge < -0.3 is 10.1 Å². The number of halogens is 1. The van der Waals surface area contributed by atoms with Crippen LogP contribution in [0.1, 0.15) is 0 Å². The van der Waals surface area contributed by atoms with Crippen molar-refractivity contribution in [1.82, 2.24) is 19.7 Å². The van der Waals surface area contributed by atoms with Gasteiger partial charge in [-0.2, -0.15) is 0 Å². The molecule has 18 heavy (non-hydrogen) atoms. The van der Waals surface area contributed by atoms with Crippen molar-refractivity contribution >= 4 is 27.6 Å². The molecule has 0 unspecified atom stereocenters. The fourth-order valence-electron chi connectivity index (χ4n) is 1.17. The van der Waals surface area contributed by atoms with E-state index < -0.39 is 15.8 Å². The number of hydrogen-bond donors (Lipinski definition) is 0. The number of aromatic nitrogens is 4. The monoisotopic (exact) mass is 314 g/mol. The number of rotatable bonds is 3. The highest BCUT2D eigenvalue weighted by Gasteiger charge is 2.23. The van der Waals surface area contributed by atoms with Crippen LogP contribution in [0.3, 0.4) is 0 Å². The first-order valence-corrected chi connectivity index (χ1v) is 5.14. The zero-order chi connectivity index (χ0) is 13.3. The Hall–Kier alpha value is -2.43. The molecule has 11 heteroatoms. The quantitative estimate of drug-likeness (QED) is 0.615. The van der Waals surface area contributed by atoms with Crippen LogP contribution in [0.5, 0.6) is 0 Å². The van der Waals surface area contributed by atoms with Crippen molar-refractivity contribution in [3.63, 3.8) is 0 Å². The molecule has 0 fully saturated rings. The maximum absolute atomic E-state index is 10.8. The van der Waals surface area contributed by atoms with Gasteiger partial charge in [-0.1, -0.05) is 4.98 Å². The zero-order valence-electron chi connectivity index (χ0n) is 8.43. The Kier molecular flexibility index (Phi) is 2.97. The molecule has 0 radical (unpaired) electrons. The molecule has 2 heterocycles. The van der Waals surface area contributed by atoms with Crippen molar-refractivity contribution < 1.29 is 9.85 Å². The van der Waals surface area contributed by atoms with Crippen LogP contribution in [-0.2, 0) is 0 Å². The molecule has 2 rings (SSSR count). The van der Waals surface area contributed by atoms with Crippen LogP contribution in [0.4, 0.5) is 11.6 Å². The summed E-state index contributed by atoms with van der Waals surface area (Å²) in [6.45, 7) is 0. The number of pyridine rings is 1. The molecule has 2 aromatic rings. The van der Waals surface area contributed by atoms with E-state index in [-0.39, 0.29) is 11.5 Å². The van der Waals surface area contributed by atoms with Gasteiger partial charge in [-0.15, -0.1) is 4.68 Å². The predicted octanol–water partition coefficient (Wildman–Crippen LogP) is 1.24. The summed E-state index contributed by atoms with van der Waals surface area (Å²) < 4.78 is 1.29. The molecule has 0 aliphatic rings. The van der Waals surface area contributed by atoms with E-state index in [0.29, 0.717) is 4.47 Å². The van der Waals surface area contributed by atoms with Crippen LogP contribution >= 0.6 is 15.9 Å². The SMILES string of the molecule is O=[N+]([O-])c1ncn(-c2ncc(Br)cc2[N+](=O)[O-])n1. The van der Waals surface area contributed by atoms with Crippen molar-refractivity contribution in [3.8, 4) is 5.82 Å². The molecule has 0 aliphatic carbocycles. The van der Waals surface area contributed by atoms with E-state index in [2.05, 4.69) is 31.0 Å². The summed E-state index contributed by atoms with van der Waals surface area (Å²) in [6.07, 6.45) is 2.30. The Balaban J connectivity index is 2.55. The van der Waals surface area contributed by atoms with Crippen LogP contribution < -0.4 is 0 Å². The van der Waals surface area contributed by atoms with Crippen molar-refractivity contribution in [2.24, 2.45) is 0 Å². The summed E-state index contributed by atoms with van der Waals surface area (Å²) in [6, 6.07) is 1.22. The van der Waals surface area contributed by atoms with Gasteiger partial charge in [0.25, 0.3) is 0 Å². The summed E-state index contributed by atoms with van der Waals surface area (Å²) in [4.78, 5) is 27.0. The molecular formula is C7H3BrN6O4. The van der Waals surface area contributed by atoms with Crippen molar-refractivity contribution in [2.75, 3.05) is 0 Å². The summed E-state index contributed by atoms with van der Waals surface area (Å²) in [5.41, 5.74) is -0.343. The molecule has 0 amide bonds. The van der Waals surface area contributed by atoms with Crippen molar-refractivity contribution in [1.29, 1.82) is 0 Å². The third-order valence-electron chi connectivity index (χ3n) is 1.87. The lowest BCUT2D eigenvalue weighted by Crippen LogP contribution is -2.04. The lowest BCUT2D eigenvalue weighted by atomic mass is 10.4. The smallest absolute Gasteiger partial charge is 0.390 e. The highest BCUT2D eigenvalue weighted by Crippen LogP contribution is 2.23. The third-order valence-corrected chi connectivity index (χ3v) is 2.30. The Bertz CT molecular complexity index is 641. The van der Waals surface area contributed by atoms with Gasteiger partial charge >= 0.3 is 11.6 Å². The molecule has 0 spiro atoms. The van der Waals surface area contributed by atoms with E-state index in [1.165, 1.54) is 12.3 Å². The van der Waals surface area contributed by atoms with Crippen molar-refractivity contribution in [2.45, 2.75) is 0 Å². The average molecular weight is 315 g/mol. The first kappa shape index (κ1) is 12.0. The van der Waals surface area contributed by atoms with Crippen LogP contribution in [0, 0.1) is 20.2 Å². The maximum atomic E-state index is 10.8. The van der Waals surface area contributed by atoms with E-state index in [1.54, 1.807) is 0 Å². The fourth-order valence-corrected chi connectivity index (χ4v) is 1.49.